The van der Waals surface area contributed by atoms with Crippen LogP contribution in [0.15, 0.2) is 54.7 Å². The molecule has 0 saturated carbocycles. The molecule has 9 heteroatoms. The summed E-state index contributed by atoms with van der Waals surface area (Å²) < 4.78 is 11.2. The number of hydrogen-bond acceptors (Lipinski definition) is 7. The molecule has 1 aliphatic rings. The Kier molecular flexibility index (Phi) is 4.90. The smallest absolute Gasteiger partial charge is 0.270 e. The lowest BCUT2D eigenvalue weighted by Gasteiger charge is -2.25. The zero-order valence-electron chi connectivity index (χ0n) is 14.5. The lowest BCUT2D eigenvalue weighted by molar-refractivity contribution is -0.384. The van der Waals surface area contributed by atoms with Crippen LogP contribution in [0.1, 0.15) is 10.4 Å². The van der Waals surface area contributed by atoms with Crippen molar-refractivity contribution in [2.24, 2.45) is 0 Å². The second-order valence-electron chi connectivity index (χ2n) is 6.09. The minimum absolute atomic E-state index is 0.0465. The maximum atomic E-state index is 12.4. The molecule has 0 fully saturated rings. The van der Waals surface area contributed by atoms with Crippen LogP contribution in [0.25, 0.3) is 0 Å². The maximum Gasteiger partial charge on any atom is 0.270 e. The monoisotopic (exact) mass is 397 g/mol. The van der Waals surface area contributed by atoms with Crippen molar-refractivity contribution in [1.29, 1.82) is 0 Å². The van der Waals surface area contributed by atoms with Crippen molar-refractivity contribution >= 4 is 28.1 Å². The van der Waals surface area contributed by atoms with E-state index in [0.717, 1.165) is 10.4 Å². The van der Waals surface area contributed by atoms with Crippen LogP contribution in [0.4, 0.5) is 10.8 Å². The Hall–Kier alpha value is -3.46. The Labute approximate surface area is 163 Å². The van der Waals surface area contributed by atoms with Crippen molar-refractivity contribution in [3.63, 3.8) is 0 Å². The lowest BCUT2D eigenvalue weighted by Crippen LogP contribution is -2.40. The first-order chi connectivity index (χ1) is 13.6. The Morgan fingerprint density at radius 3 is 2.89 bits per heavy atom. The van der Waals surface area contributed by atoms with Crippen LogP contribution in [0, 0.1) is 10.1 Å². The number of nitrogens with zero attached hydrogens (tertiary/aromatic N) is 2. The number of nitro groups is 1. The summed E-state index contributed by atoms with van der Waals surface area (Å²) in [7, 11) is 0. The Bertz CT molecular complexity index is 1040. The second kappa shape index (κ2) is 7.65. The van der Waals surface area contributed by atoms with Crippen molar-refractivity contribution in [1.82, 2.24) is 4.98 Å². The van der Waals surface area contributed by atoms with Crippen LogP contribution in [0.5, 0.6) is 11.5 Å². The van der Waals surface area contributed by atoms with Crippen molar-refractivity contribution < 1.29 is 19.2 Å². The summed E-state index contributed by atoms with van der Waals surface area (Å²) in [4.78, 5) is 28.0. The third-order valence-electron chi connectivity index (χ3n) is 4.08. The van der Waals surface area contributed by atoms with Crippen molar-refractivity contribution in [2.45, 2.75) is 12.5 Å². The summed E-state index contributed by atoms with van der Waals surface area (Å²) in [6, 6.07) is 13.6. The van der Waals surface area contributed by atoms with Gasteiger partial charge in [-0.25, -0.2) is 4.98 Å². The van der Waals surface area contributed by atoms with Gasteiger partial charge in [-0.15, -0.1) is 11.3 Å². The number of amides is 1. The number of ether oxygens (including phenoxy) is 2. The van der Waals surface area contributed by atoms with Gasteiger partial charge in [0.15, 0.2) is 16.6 Å². The fourth-order valence-electron chi connectivity index (χ4n) is 2.76. The van der Waals surface area contributed by atoms with E-state index in [-0.39, 0.29) is 18.2 Å². The van der Waals surface area contributed by atoms with E-state index in [0.29, 0.717) is 23.1 Å². The van der Waals surface area contributed by atoms with Gasteiger partial charge in [0.1, 0.15) is 6.61 Å². The number of rotatable bonds is 5. The molecule has 2 aromatic carbocycles. The summed E-state index contributed by atoms with van der Waals surface area (Å²) >= 11 is 1.31. The quantitative estimate of drug-likeness (QED) is 0.523. The van der Waals surface area contributed by atoms with Crippen molar-refractivity contribution in [2.75, 3.05) is 11.9 Å². The van der Waals surface area contributed by atoms with E-state index in [2.05, 4.69) is 10.3 Å². The SMILES string of the molecule is O=C(Nc1ncc(Cc2cccc([N+](=O)[O-])c2)s1)[C@H]1COc2ccccc2O1. The van der Waals surface area contributed by atoms with Crippen LogP contribution in [0.3, 0.4) is 0 Å². The molecule has 0 bridgehead atoms. The molecular formula is C19H15N3O5S. The number of para-hydroxylation sites is 2. The first kappa shape index (κ1) is 17.9. The van der Waals surface area contributed by atoms with Gasteiger partial charge in [0.25, 0.3) is 11.6 Å². The van der Waals surface area contributed by atoms with Gasteiger partial charge in [0, 0.05) is 29.6 Å². The van der Waals surface area contributed by atoms with Crippen LogP contribution in [0.2, 0.25) is 0 Å². The number of non-ortho nitro benzene ring substituents is 1. The van der Waals surface area contributed by atoms with Crippen LogP contribution in [-0.4, -0.2) is 28.5 Å². The minimum atomic E-state index is -0.765. The maximum absolute atomic E-state index is 12.4. The Morgan fingerprint density at radius 1 is 1.25 bits per heavy atom. The third-order valence-corrected chi connectivity index (χ3v) is 5.00. The van der Waals surface area contributed by atoms with E-state index in [1.54, 1.807) is 24.4 Å². The highest BCUT2D eigenvalue weighted by atomic mass is 32.1. The van der Waals surface area contributed by atoms with Gasteiger partial charge in [0.2, 0.25) is 6.10 Å². The molecule has 28 heavy (non-hydrogen) atoms. The van der Waals surface area contributed by atoms with Gasteiger partial charge in [0.05, 0.1) is 4.92 Å². The molecule has 1 aromatic heterocycles. The third kappa shape index (κ3) is 3.94. The van der Waals surface area contributed by atoms with Gasteiger partial charge in [-0.2, -0.15) is 0 Å². The minimum Gasteiger partial charge on any atom is -0.485 e. The molecule has 0 aliphatic carbocycles. The molecule has 8 nitrogen and oxygen atoms in total. The lowest BCUT2D eigenvalue weighted by atomic mass is 10.1. The zero-order valence-corrected chi connectivity index (χ0v) is 15.3. The standard InChI is InChI=1S/C19H15N3O5S/c23-18(17-11-26-15-6-1-2-7-16(15)27-17)21-19-20-10-14(28-19)9-12-4-3-5-13(8-12)22(24)25/h1-8,10,17H,9,11H2,(H,20,21,23)/t17-/m1/s1. The summed E-state index contributed by atoms with van der Waals surface area (Å²) in [5.74, 6) is 0.796. The molecular weight excluding hydrogens is 382 g/mol. The number of nitro benzene ring substituents is 1. The van der Waals surface area contributed by atoms with Crippen LogP contribution in [-0.2, 0) is 11.2 Å². The Morgan fingerprint density at radius 2 is 2.07 bits per heavy atom. The van der Waals surface area contributed by atoms with E-state index < -0.39 is 11.0 Å². The number of benzene rings is 2. The van der Waals surface area contributed by atoms with Crippen LogP contribution >= 0.6 is 11.3 Å². The molecule has 0 saturated heterocycles. The van der Waals surface area contributed by atoms with Gasteiger partial charge >= 0.3 is 0 Å². The summed E-state index contributed by atoms with van der Waals surface area (Å²) in [6.45, 7) is 0.120. The van der Waals surface area contributed by atoms with E-state index >= 15 is 0 Å². The largest absolute Gasteiger partial charge is 0.485 e. The van der Waals surface area contributed by atoms with E-state index in [1.165, 1.54) is 23.5 Å². The number of anilines is 1. The number of carbonyl (C=O) groups is 1. The number of aromatic nitrogens is 1. The molecule has 142 valence electrons. The summed E-state index contributed by atoms with van der Waals surface area (Å²) in [6.07, 6.45) is 1.37. The summed E-state index contributed by atoms with van der Waals surface area (Å²) in [5, 5.41) is 14.1. The first-order valence-electron chi connectivity index (χ1n) is 8.46. The average molecular weight is 397 g/mol. The summed E-state index contributed by atoms with van der Waals surface area (Å²) in [5.41, 5.74) is 0.849. The van der Waals surface area contributed by atoms with E-state index in [4.69, 9.17) is 9.47 Å². The van der Waals surface area contributed by atoms with Crippen molar-refractivity contribution in [3.8, 4) is 11.5 Å². The van der Waals surface area contributed by atoms with Gasteiger partial charge in [-0.05, 0) is 17.7 Å². The fraction of sp³-hybridized carbons (Fsp3) is 0.158. The van der Waals surface area contributed by atoms with Gasteiger partial charge in [-0.3, -0.25) is 20.2 Å². The highest BCUT2D eigenvalue weighted by Crippen LogP contribution is 2.31. The molecule has 1 N–H and O–H groups in total. The van der Waals surface area contributed by atoms with Crippen molar-refractivity contribution in [3.05, 3.63) is 75.3 Å². The molecule has 3 aromatic rings. The number of hydrogen-bond donors (Lipinski definition) is 1. The molecule has 2 heterocycles. The molecule has 4 rings (SSSR count). The van der Waals surface area contributed by atoms with Gasteiger partial charge in [-0.1, -0.05) is 24.3 Å². The van der Waals surface area contributed by atoms with E-state index in [1.807, 2.05) is 18.2 Å². The van der Waals surface area contributed by atoms with E-state index in [9.17, 15) is 14.9 Å². The number of thiazole rings is 1. The Balaban J connectivity index is 1.39. The molecule has 0 radical (unpaired) electrons. The topological polar surface area (TPSA) is 104 Å². The number of fused-ring (bicyclic) bond motifs is 1. The number of nitrogens with one attached hydrogen (secondary N) is 1. The number of carbonyl (C=O) groups excluding carboxylic acids is 1. The second-order valence-corrected chi connectivity index (χ2v) is 7.20. The molecule has 0 unspecified atom stereocenters. The molecule has 1 amide bonds. The molecule has 1 atom stereocenters. The molecule has 0 spiro atoms. The predicted octanol–water partition coefficient (Wildman–Crippen LogP) is 3.42. The van der Waals surface area contributed by atoms with Gasteiger partial charge < -0.3 is 9.47 Å². The zero-order chi connectivity index (χ0) is 19.5. The normalized spacial score (nSPS) is 15.1. The molecule has 1 aliphatic heterocycles. The predicted molar refractivity (Wildman–Crippen MR) is 103 cm³/mol. The van der Waals surface area contributed by atoms with Crippen LogP contribution < -0.4 is 14.8 Å². The highest BCUT2D eigenvalue weighted by Gasteiger charge is 2.27. The average Bonchev–Trinajstić information content (AvgIpc) is 3.14. The fourth-order valence-corrected chi connectivity index (χ4v) is 3.61. The first-order valence-corrected chi connectivity index (χ1v) is 9.27. The highest BCUT2D eigenvalue weighted by molar-refractivity contribution is 7.15.